The molecule has 0 radical (unpaired) electrons. The lowest BCUT2D eigenvalue weighted by Crippen LogP contribution is -2.47. The van der Waals surface area contributed by atoms with Crippen LogP contribution in [0, 0.1) is 35.0 Å². The zero-order chi connectivity index (χ0) is 22.9. The van der Waals surface area contributed by atoms with Crippen LogP contribution in [0.15, 0.2) is 30.3 Å². The lowest BCUT2D eigenvalue weighted by atomic mass is 9.78. The van der Waals surface area contributed by atoms with Crippen molar-refractivity contribution in [1.82, 2.24) is 10.6 Å². The molecule has 4 rings (SSSR count). The van der Waals surface area contributed by atoms with Gasteiger partial charge in [-0.3, -0.25) is 9.59 Å². The summed E-state index contributed by atoms with van der Waals surface area (Å²) in [5, 5.41) is 6.50. The van der Waals surface area contributed by atoms with E-state index in [2.05, 4.69) is 17.6 Å². The minimum atomic E-state index is -0.289. The Kier molecular flexibility index (Phi) is 6.64. The van der Waals surface area contributed by atoms with Gasteiger partial charge in [-0.05, 0) is 85.5 Å². The Morgan fingerprint density at radius 2 is 1.78 bits per heavy atom. The quantitative estimate of drug-likeness (QED) is 0.590. The van der Waals surface area contributed by atoms with Crippen LogP contribution in [0.2, 0.25) is 0 Å². The third-order valence-electron chi connectivity index (χ3n) is 8.49. The van der Waals surface area contributed by atoms with E-state index >= 15 is 0 Å². The first-order valence-corrected chi connectivity index (χ1v) is 12.2. The molecule has 1 aromatic rings. The SMILES string of the molecule is CCC(C)(C)C(=O)NC1CC2CC1C1CC(CNC(=O)/C=C/c3ccc(OC)cc3)CC21. The van der Waals surface area contributed by atoms with Gasteiger partial charge in [0.1, 0.15) is 5.75 Å². The van der Waals surface area contributed by atoms with Gasteiger partial charge in [-0.15, -0.1) is 0 Å². The average Bonchev–Trinajstić information content (AvgIpc) is 3.48. The number of amides is 2. The van der Waals surface area contributed by atoms with Crippen LogP contribution in [0.5, 0.6) is 5.75 Å². The topological polar surface area (TPSA) is 67.4 Å². The van der Waals surface area contributed by atoms with Gasteiger partial charge in [0.2, 0.25) is 11.8 Å². The number of hydrogen-bond acceptors (Lipinski definition) is 3. The van der Waals surface area contributed by atoms with Crippen molar-refractivity contribution in [2.75, 3.05) is 13.7 Å². The Morgan fingerprint density at radius 1 is 1.06 bits per heavy atom. The molecule has 3 aliphatic carbocycles. The van der Waals surface area contributed by atoms with Crippen LogP contribution in [0.4, 0.5) is 0 Å². The van der Waals surface area contributed by atoms with E-state index in [-0.39, 0.29) is 17.2 Å². The van der Waals surface area contributed by atoms with E-state index in [0.29, 0.717) is 23.8 Å². The molecule has 3 saturated carbocycles. The Balaban J connectivity index is 1.25. The molecule has 32 heavy (non-hydrogen) atoms. The predicted octanol–water partition coefficient (Wildman–Crippen LogP) is 4.43. The van der Waals surface area contributed by atoms with E-state index in [4.69, 9.17) is 4.74 Å². The van der Waals surface area contributed by atoms with Crippen molar-refractivity contribution in [2.24, 2.45) is 35.0 Å². The second-order valence-electron chi connectivity index (χ2n) is 10.7. The fraction of sp³-hybridized carbons (Fsp3) is 0.630. The summed E-state index contributed by atoms with van der Waals surface area (Å²) >= 11 is 0. The molecule has 3 fully saturated rings. The van der Waals surface area contributed by atoms with Gasteiger partial charge in [0.15, 0.2) is 0 Å². The summed E-state index contributed by atoms with van der Waals surface area (Å²) in [5.74, 6) is 4.39. The Hall–Kier alpha value is -2.30. The minimum Gasteiger partial charge on any atom is -0.497 e. The largest absolute Gasteiger partial charge is 0.497 e. The number of hydrogen-bond donors (Lipinski definition) is 2. The van der Waals surface area contributed by atoms with E-state index in [9.17, 15) is 9.59 Å². The maximum atomic E-state index is 12.7. The van der Waals surface area contributed by atoms with E-state index in [1.807, 2.05) is 44.2 Å². The zero-order valence-corrected chi connectivity index (χ0v) is 19.9. The van der Waals surface area contributed by atoms with Gasteiger partial charge in [-0.25, -0.2) is 0 Å². The Morgan fingerprint density at radius 3 is 2.47 bits per heavy atom. The molecule has 3 aliphatic rings. The van der Waals surface area contributed by atoms with Gasteiger partial charge in [-0.1, -0.05) is 32.9 Å². The molecule has 0 aliphatic heterocycles. The van der Waals surface area contributed by atoms with Gasteiger partial charge in [-0.2, -0.15) is 0 Å². The Bertz CT molecular complexity index is 860. The molecular weight excluding hydrogens is 400 g/mol. The van der Waals surface area contributed by atoms with Crippen molar-refractivity contribution >= 4 is 17.9 Å². The molecular formula is C27H38N2O3. The lowest BCUT2D eigenvalue weighted by Gasteiger charge is -2.34. The summed E-state index contributed by atoms with van der Waals surface area (Å²) in [4.78, 5) is 25.0. The van der Waals surface area contributed by atoms with Crippen molar-refractivity contribution < 1.29 is 14.3 Å². The van der Waals surface area contributed by atoms with Crippen LogP contribution in [0.1, 0.15) is 58.4 Å². The van der Waals surface area contributed by atoms with Crippen molar-refractivity contribution in [2.45, 2.75) is 58.9 Å². The van der Waals surface area contributed by atoms with Gasteiger partial charge in [0.05, 0.1) is 7.11 Å². The maximum Gasteiger partial charge on any atom is 0.244 e. The summed E-state index contributed by atoms with van der Waals surface area (Å²) in [6.45, 7) is 6.90. The fourth-order valence-electron chi connectivity index (χ4n) is 6.23. The standard InChI is InChI=1S/C27H38N2O3/c1-5-27(2,3)26(31)29-24-15-19-14-23(24)22-13-18(12-21(19)22)16-28-25(30)11-8-17-6-9-20(32-4)10-7-17/h6-11,18-19,21-24H,5,12-16H2,1-4H3,(H,28,30)(H,29,31)/b11-8+. The molecule has 5 nitrogen and oxygen atoms in total. The number of fused-ring (bicyclic) bond motifs is 5. The summed E-state index contributed by atoms with van der Waals surface area (Å²) in [7, 11) is 1.64. The second kappa shape index (κ2) is 9.29. The highest BCUT2D eigenvalue weighted by molar-refractivity contribution is 5.91. The number of rotatable bonds is 8. The summed E-state index contributed by atoms with van der Waals surface area (Å²) in [6, 6.07) is 8.01. The Labute approximate surface area is 192 Å². The molecule has 5 heteroatoms. The third-order valence-corrected chi connectivity index (χ3v) is 8.49. The monoisotopic (exact) mass is 438 g/mol. The van der Waals surface area contributed by atoms with Crippen LogP contribution in [0.3, 0.4) is 0 Å². The van der Waals surface area contributed by atoms with E-state index in [1.54, 1.807) is 13.2 Å². The highest BCUT2D eigenvalue weighted by Gasteiger charge is 2.56. The highest BCUT2D eigenvalue weighted by Crippen LogP contribution is 2.60. The number of benzene rings is 1. The van der Waals surface area contributed by atoms with E-state index < -0.39 is 0 Å². The number of methoxy groups -OCH3 is 1. The smallest absolute Gasteiger partial charge is 0.244 e. The van der Waals surface area contributed by atoms with Crippen LogP contribution in [-0.2, 0) is 9.59 Å². The van der Waals surface area contributed by atoms with Crippen LogP contribution >= 0.6 is 0 Å². The molecule has 6 unspecified atom stereocenters. The first kappa shape index (κ1) is 22.9. The van der Waals surface area contributed by atoms with Crippen LogP contribution < -0.4 is 15.4 Å². The fourth-order valence-corrected chi connectivity index (χ4v) is 6.23. The number of carbonyl (C=O) groups is 2. The molecule has 0 spiro atoms. The molecule has 6 atom stereocenters. The predicted molar refractivity (Wildman–Crippen MR) is 127 cm³/mol. The zero-order valence-electron chi connectivity index (χ0n) is 19.9. The minimum absolute atomic E-state index is 0.0345. The van der Waals surface area contributed by atoms with Crippen LogP contribution in [0.25, 0.3) is 6.08 Å². The van der Waals surface area contributed by atoms with Gasteiger partial charge in [0, 0.05) is 24.1 Å². The normalized spacial score (nSPS) is 31.0. The lowest BCUT2D eigenvalue weighted by molar-refractivity contribution is -0.130. The van der Waals surface area contributed by atoms with Crippen molar-refractivity contribution in [3.63, 3.8) is 0 Å². The molecule has 2 N–H and O–H groups in total. The number of nitrogens with one attached hydrogen (secondary N) is 2. The third kappa shape index (κ3) is 4.72. The molecule has 174 valence electrons. The maximum absolute atomic E-state index is 12.7. The molecule has 1 aromatic carbocycles. The van der Waals surface area contributed by atoms with Gasteiger partial charge in [0.25, 0.3) is 0 Å². The first-order chi connectivity index (χ1) is 15.3. The molecule has 0 saturated heterocycles. The molecule has 0 aromatic heterocycles. The molecule has 0 heterocycles. The molecule has 2 amide bonds. The summed E-state index contributed by atoms with van der Waals surface area (Å²) < 4.78 is 5.16. The van der Waals surface area contributed by atoms with Crippen molar-refractivity contribution in [1.29, 1.82) is 0 Å². The van der Waals surface area contributed by atoms with Crippen molar-refractivity contribution in [3.8, 4) is 5.75 Å². The van der Waals surface area contributed by atoms with Crippen molar-refractivity contribution in [3.05, 3.63) is 35.9 Å². The summed E-state index contributed by atoms with van der Waals surface area (Å²) in [5.41, 5.74) is 0.690. The first-order valence-electron chi connectivity index (χ1n) is 12.2. The number of carbonyl (C=O) groups excluding carboxylic acids is 2. The second-order valence-corrected chi connectivity index (χ2v) is 10.7. The van der Waals surface area contributed by atoms with E-state index in [1.165, 1.54) is 19.3 Å². The summed E-state index contributed by atoms with van der Waals surface area (Å²) in [6.07, 6.45) is 9.12. The number of ether oxygens (including phenoxy) is 1. The highest BCUT2D eigenvalue weighted by atomic mass is 16.5. The molecule has 2 bridgehead atoms. The van der Waals surface area contributed by atoms with Crippen LogP contribution in [-0.4, -0.2) is 31.5 Å². The van der Waals surface area contributed by atoms with Gasteiger partial charge < -0.3 is 15.4 Å². The van der Waals surface area contributed by atoms with Gasteiger partial charge >= 0.3 is 0 Å². The average molecular weight is 439 g/mol. The van der Waals surface area contributed by atoms with E-state index in [0.717, 1.165) is 42.5 Å².